The first kappa shape index (κ1) is 20.0. The molecule has 0 aliphatic rings. The number of carbonyl (C=O) groups is 2. The van der Waals surface area contributed by atoms with Gasteiger partial charge in [0.05, 0.1) is 15.2 Å². The Kier molecular flexibility index (Phi) is 7.12. The van der Waals surface area contributed by atoms with Gasteiger partial charge in [0.15, 0.2) is 0 Å². The number of benzene rings is 1. The molecule has 0 saturated carbocycles. The number of amides is 1. The first-order chi connectivity index (χ1) is 10.5. The molecule has 0 aliphatic carbocycles. The molecule has 1 aromatic rings. The van der Waals surface area contributed by atoms with Crippen molar-refractivity contribution < 1.29 is 24.2 Å². The van der Waals surface area contributed by atoms with Crippen LogP contribution in [0.3, 0.4) is 0 Å². The van der Waals surface area contributed by atoms with Crippen LogP contribution in [-0.2, 0) is 20.7 Å². The SMILES string of the molecule is COC(=O)C(Cc1cc(Br)c(O)c(I)c1)NC(=O)OC(C)(C)C. The van der Waals surface area contributed by atoms with Crippen molar-refractivity contribution in [2.75, 3.05) is 7.11 Å². The third kappa shape index (κ3) is 6.54. The predicted molar refractivity (Wildman–Crippen MR) is 97.4 cm³/mol. The Morgan fingerprint density at radius 2 is 2.00 bits per heavy atom. The first-order valence-electron chi connectivity index (χ1n) is 6.77. The second-order valence-corrected chi connectivity index (χ2v) is 7.85. The van der Waals surface area contributed by atoms with Gasteiger partial charge in [0.1, 0.15) is 17.4 Å². The zero-order valence-corrected chi connectivity index (χ0v) is 17.0. The van der Waals surface area contributed by atoms with Gasteiger partial charge >= 0.3 is 12.1 Å². The number of carbonyl (C=O) groups excluding carboxylic acids is 2. The molecule has 128 valence electrons. The summed E-state index contributed by atoms with van der Waals surface area (Å²) in [6, 6.07) is 2.53. The summed E-state index contributed by atoms with van der Waals surface area (Å²) in [5.41, 5.74) is 0.0901. The minimum atomic E-state index is -0.887. The van der Waals surface area contributed by atoms with E-state index >= 15 is 0 Å². The maximum absolute atomic E-state index is 11.9. The van der Waals surface area contributed by atoms with Crippen molar-refractivity contribution >= 4 is 50.6 Å². The van der Waals surface area contributed by atoms with E-state index in [2.05, 4.69) is 21.2 Å². The highest BCUT2D eigenvalue weighted by Gasteiger charge is 2.25. The maximum Gasteiger partial charge on any atom is 0.408 e. The second kappa shape index (κ2) is 8.18. The van der Waals surface area contributed by atoms with Gasteiger partial charge in [0.25, 0.3) is 0 Å². The van der Waals surface area contributed by atoms with Crippen molar-refractivity contribution in [2.45, 2.75) is 38.8 Å². The van der Waals surface area contributed by atoms with E-state index in [9.17, 15) is 14.7 Å². The third-order valence-corrected chi connectivity index (χ3v) is 4.12. The fraction of sp³-hybridized carbons (Fsp3) is 0.467. The Labute approximate surface area is 157 Å². The van der Waals surface area contributed by atoms with Crippen LogP contribution in [0, 0.1) is 3.57 Å². The Hall–Kier alpha value is -1.03. The zero-order chi connectivity index (χ0) is 17.8. The topological polar surface area (TPSA) is 84.9 Å². The number of nitrogens with one attached hydrogen (secondary N) is 1. The molecule has 6 nitrogen and oxygen atoms in total. The Balaban J connectivity index is 2.92. The van der Waals surface area contributed by atoms with Gasteiger partial charge in [-0.3, -0.25) is 0 Å². The highest BCUT2D eigenvalue weighted by Crippen LogP contribution is 2.30. The van der Waals surface area contributed by atoms with Crippen molar-refractivity contribution in [3.05, 3.63) is 25.7 Å². The lowest BCUT2D eigenvalue weighted by atomic mass is 10.1. The largest absolute Gasteiger partial charge is 0.506 e. The van der Waals surface area contributed by atoms with Crippen molar-refractivity contribution in [1.29, 1.82) is 0 Å². The molecule has 0 aliphatic heterocycles. The van der Waals surface area contributed by atoms with E-state index in [0.29, 0.717) is 8.04 Å². The monoisotopic (exact) mass is 499 g/mol. The number of hydrogen-bond acceptors (Lipinski definition) is 5. The van der Waals surface area contributed by atoms with Crippen molar-refractivity contribution in [1.82, 2.24) is 5.32 Å². The fourth-order valence-corrected chi connectivity index (χ4v) is 3.33. The van der Waals surface area contributed by atoms with Crippen LogP contribution in [0.1, 0.15) is 26.3 Å². The van der Waals surface area contributed by atoms with E-state index in [1.807, 2.05) is 22.6 Å². The molecular formula is C15H19BrINO5. The standard InChI is InChI=1S/C15H19BrINO5/c1-15(2,3)23-14(21)18-11(13(20)22-4)7-8-5-9(16)12(19)10(17)6-8/h5-6,11,19H,7H2,1-4H3,(H,18,21). The van der Waals surface area contributed by atoms with Crippen LogP contribution in [0.5, 0.6) is 5.75 Å². The lowest BCUT2D eigenvalue weighted by molar-refractivity contribution is -0.143. The number of halogens is 2. The van der Waals surface area contributed by atoms with Crippen LogP contribution in [0.25, 0.3) is 0 Å². The minimum Gasteiger partial charge on any atom is -0.506 e. The average molecular weight is 500 g/mol. The molecule has 0 heterocycles. The van der Waals surface area contributed by atoms with Crippen LogP contribution in [0.15, 0.2) is 16.6 Å². The number of phenols is 1. The predicted octanol–water partition coefficient (Wildman–Crippen LogP) is 3.37. The van der Waals surface area contributed by atoms with E-state index in [4.69, 9.17) is 9.47 Å². The normalized spacial score (nSPS) is 12.4. The van der Waals surface area contributed by atoms with Crippen LogP contribution in [0.4, 0.5) is 4.79 Å². The Morgan fingerprint density at radius 1 is 1.39 bits per heavy atom. The zero-order valence-electron chi connectivity index (χ0n) is 13.3. The molecular weight excluding hydrogens is 481 g/mol. The van der Waals surface area contributed by atoms with Gasteiger partial charge in [-0.25, -0.2) is 9.59 Å². The van der Waals surface area contributed by atoms with E-state index in [1.165, 1.54) is 7.11 Å². The average Bonchev–Trinajstić information content (AvgIpc) is 2.41. The number of hydrogen-bond donors (Lipinski definition) is 2. The second-order valence-electron chi connectivity index (χ2n) is 5.83. The number of aromatic hydroxyl groups is 1. The highest BCUT2D eigenvalue weighted by molar-refractivity contribution is 14.1. The lowest BCUT2D eigenvalue weighted by Crippen LogP contribution is -2.45. The number of esters is 1. The summed E-state index contributed by atoms with van der Waals surface area (Å²) in [5, 5.41) is 12.3. The van der Waals surface area contributed by atoms with Gasteiger partial charge in [-0.2, -0.15) is 0 Å². The maximum atomic E-state index is 11.9. The summed E-state index contributed by atoms with van der Waals surface area (Å²) in [5.74, 6) is -0.445. The fourth-order valence-electron chi connectivity index (χ4n) is 1.76. The molecule has 2 N–H and O–H groups in total. The quantitative estimate of drug-likeness (QED) is 0.490. The summed E-state index contributed by atoms with van der Waals surface area (Å²) < 4.78 is 11.0. The van der Waals surface area contributed by atoms with Crippen LogP contribution in [-0.4, -0.2) is 35.9 Å². The van der Waals surface area contributed by atoms with E-state index in [1.54, 1.807) is 32.9 Å². The van der Waals surface area contributed by atoms with Crippen molar-refractivity contribution in [3.8, 4) is 5.75 Å². The summed E-state index contributed by atoms with van der Waals surface area (Å²) in [7, 11) is 1.25. The third-order valence-electron chi connectivity index (χ3n) is 2.69. The summed E-state index contributed by atoms with van der Waals surface area (Å²) in [4.78, 5) is 23.8. The Bertz CT molecular complexity index is 577. The number of rotatable bonds is 4. The molecule has 0 aromatic heterocycles. The highest BCUT2D eigenvalue weighted by atomic mass is 127. The molecule has 8 heteroatoms. The smallest absolute Gasteiger partial charge is 0.408 e. The molecule has 1 rings (SSSR count). The summed E-state index contributed by atoms with van der Waals surface area (Å²) in [6.07, 6.45) is -0.485. The molecule has 23 heavy (non-hydrogen) atoms. The molecule has 0 fully saturated rings. The summed E-state index contributed by atoms with van der Waals surface area (Å²) >= 11 is 5.23. The molecule has 1 atom stereocenters. The van der Waals surface area contributed by atoms with Gasteiger partial charge in [0.2, 0.25) is 0 Å². The molecule has 0 radical (unpaired) electrons. The van der Waals surface area contributed by atoms with Gasteiger partial charge in [-0.1, -0.05) is 0 Å². The molecule has 0 saturated heterocycles. The minimum absolute atomic E-state index is 0.129. The lowest BCUT2D eigenvalue weighted by Gasteiger charge is -2.22. The van der Waals surface area contributed by atoms with E-state index < -0.39 is 23.7 Å². The molecule has 1 unspecified atom stereocenters. The number of ether oxygens (including phenoxy) is 2. The number of alkyl carbamates (subject to hydrolysis) is 1. The van der Waals surface area contributed by atoms with Gasteiger partial charge < -0.3 is 19.9 Å². The Morgan fingerprint density at radius 3 is 2.48 bits per heavy atom. The van der Waals surface area contributed by atoms with Crippen molar-refractivity contribution in [3.63, 3.8) is 0 Å². The van der Waals surface area contributed by atoms with E-state index in [-0.39, 0.29) is 12.2 Å². The first-order valence-corrected chi connectivity index (χ1v) is 8.65. The number of methoxy groups -OCH3 is 1. The van der Waals surface area contributed by atoms with Crippen LogP contribution in [0.2, 0.25) is 0 Å². The number of phenolic OH excluding ortho intramolecular Hbond substituents is 1. The van der Waals surface area contributed by atoms with Crippen LogP contribution < -0.4 is 5.32 Å². The molecule has 0 bridgehead atoms. The molecule has 0 spiro atoms. The van der Waals surface area contributed by atoms with E-state index in [0.717, 1.165) is 5.56 Å². The molecule has 1 aromatic carbocycles. The van der Waals surface area contributed by atoms with Crippen molar-refractivity contribution in [2.24, 2.45) is 0 Å². The molecule has 1 amide bonds. The summed E-state index contributed by atoms with van der Waals surface area (Å²) in [6.45, 7) is 5.21. The van der Waals surface area contributed by atoms with Gasteiger partial charge in [-0.05, 0) is 77.0 Å². The van der Waals surface area contributed by atoms with Crippen LogP contribution >= 0.6 is 38.5 Å². The van der Waals surface area contributed by atoms with Gasteiger partial charge in [-0.15, -0.1) is 0 Å². The van der Waals surface area contributed by atoms with Gasteiger partial charge in [0, 0.05) is 6.42 Å².